The molecule has 0 aromatic heterocycles. The van der Waals surface area contributed by atoms with Crippen LogP contribution in [0.4, 0.5) is 14.5 Å². The third-order valence-electron chi connectivity index (χ3n) is 2.41. The molecule has 21 heavy (non-hydrogen) atoms. The van der Waals surface area contributed by atoms with Crippen molar-refractivity contribution < 1.29 is 18.3 Å². The highest BCUT2D eigenvalue weighted by atomic mass is 35.5. The second-order valence-corrected chi connectivity index (χ2v) is 4.94. The molecule has 1 amide bonds. The minimum absolute atomic E-state index is 0.131. The van der Waals surface area contributed by atoms with Crippen molar-refractivity contribution in [2.24, 2.45) is 0 Å². The lowest BCUT2D eigenvalue weighted by atomic mass is 10.3. The van der Waals surface area contributed by atoms with Gasteiger partial charge in [0.2, 0.25) is 0 Å². The molecule has 0 radical (unpaired) electrons. The molecule has 0 spiro atoms. The maximum atomic E-state index is 13.0. The highest BCUT2D eigenvalue weighted by Gasteiger charge is 2.07. The Kier molecular flexibility index (Phi) is 4.98. The summed E-state index contributed by atoms with van der Waals surface area (Å²) in [5, 5.41) is 3.12. The first-order chi connectivity index (χ1) is 9.94. The molecule has 0 fully saturated rings. The molecule has 2 aromatic rings. The van der Waals surface area contributed by atoms with Crippen LogP contribution < -0.4 is 10.1 Å². The van der Waals surface area contributed by atoms with Gasteiger partial charge in [-0.3, -0.25) is 4.79 Å². The highest BCUT2D eigenvalue weighted by Crippen LogP contribution is 2.24. The standard InChI is InChI=1S/C14H9Cl2F2NO2/c15-8-3-9(16)5-11(4-8)21-7-14(20)19-10-1-2-12(17)13(18)6-10/h1-6H,7H2,(H,19,20). The van der Waals surface area contributed by atoms with Gasteiger partial charge in [-0.05, 0) is 30.3 Å². The zero-order chi connectivity index (χ0) is 15.4. The number of carbonyl (C=O) groups is 1. The second kappa shape index (κ2) is 6.74. The molecule has 0 saturated carbocycles. The van der Waals surface area contributed by atoms with Gasteiger partial charge in [-0.2, -0.15) is 0 Å². The third-order valence-corrected chi connectivity index (χ3v) is 2.85. The molecule has 2 aromatic carbocycles. The van der Waals surface area contributed by atoms with Gasteiger partial charge in [0.05, 0.1) is 0 Å². The van der Waals surface area contributed by atoms with Crippen molar-refractivity contribution in [3.05, 3.63) is 58.1 Å². The average molecular weight is 332 g/mol. The molecule has 7 heteroatoms. The van der Waals surface area contributed by atoms with E-state index in [1.807, 2.05) is 0 Å². The molecule has 0 saturated heterocycles. The summed E-state index contributed by atoms with van der Waals surface area (Å²) in [6, 6.07) is 7.56. The Balaban J connectivity index is 1.94. The zero-order valence-electron chi connectivity index (χ0n) is 10.5. The molecule has 0 unspecified atom stereocenters. The number of hydrogen-bond acceptors (Lipinski definition) is 2. The van der Waals surface area contributed by atoms with E-state index in [-0.39, 0.29) is 12.3 Å². The minimum Gasteiger partial charge on any atom is -0.484 e. The number of nitrogens with one attached hydrogen (secondary N) is 1. The number of amides is 1. The number of rotatable bonds is 4. The van der Waals surface area contributed by atoms with E-state index in [9.17, 15) is 13.6 Å². The van der Waals surface area contributed by atoms with Crippen LogP contribution in [0.1, 0.15) is 0 Å². The molecule has 0 heterocycles. The van der Waals surface area contributed by atoms with Gasteiger partial charge in [0, 0.05) is 21.8 Å². The monoisotopic (exact) mass is 331 g/mol. The van der Waals surface area contributed by atoms with Crippen LogP contribution in [-0.2, 0) is 4.79 Å². The summed E-state index contributed by atoms with van der Waals surface area (Å²) in [6.45, 7) is -0.324. The van der Waals surface area contributed by atoms with Gasteiger partial charge < -0.3 is 10.1 Å². The lowest BCUT2D eigenvalue weighted by molar-refractivity contribution is -0.118. The van der Waals surface area contributed by atoms with Gasteiger partial charge in [-0.25, -0.2) is 8.78 Å². The van der Waals surface area contributed by atoms with Gasteiger partial charge in [-0.1, -0.05) is 23.2 Å². The van der Waals surface area contributed by atoms with Crippen LogP contribution in [0.5, 0.6) is 5.75 Å². The molecular formula is C14H9Cl2F2NO2. The fourth-order valence-electron chi connectivity index (χ4n) is 1.53. The molecule has 0 bridgehead atoms. The topological polar surface area (TPSA) is 38.3 Å². The maximum absolute atomic E-state index is 13.0. The Labute approximate surface area is 129 Å². The normalized spacial score (nSPS) is 10.3. The van der Waals surface area contributed by atoms with Crippen molar-refractivity contribution in [1.29, 1.82) is 0 Å². The van der Waals surface area contributed by atoms with Crippen molar-refractivity contribution in [2.75, 3.05) is 11.9 Å². The molecule has 0 atom stereocenters. The first kappa shape index (κ1) is 15.5. The Hall–Kier alpha value is -1.85. The van der Waals surface area contributed by atoms with Crippen molar-refractivity contribution >= 4 is 34.8 Å². The first-order valence-corrected chi connectivity index (χ1v) is 6.53. The van der Waals surface area contributed by atoms with E-state index in [0.717, 1.165) is 12.1 Å². The Morgan fingerprint density at radius 2 is 1.71 bits per heavy atom. The van der Waals surface area contributed by atoms with Crippen LogP contribution in [0.3, 0.4) is 0 Å². The summed E-state index contributed by atoms with van der Waals surface area (Å²) in [5.74, 6) is -2.24. The number of halogens is 4. The van der Waals surface area contributed by atoms with E-state index in [0.29, 0.717) is 15.8 Å². The van der Waals surface area contributed by atoms with Crippen molar-refractivity contribution in [1.82, 2.24) is 0 Å². The van der Waals surface area contributed by atoms with Crippen LogP contribution in [0.2, 0.25) is 10.0 Å². The number of ether oxygens (including phenoxy) is 1. The van der Waals surface area contributed by atoms with Crippen molar-refractivity contribution in [3.63, 3.8) is 0 Å². The molecule has 0 aliphatic carbocycles. The minimum atomic E-state index is -1.05. The Morgan fingerprint density at radius 1 is 1.05 bits per heavy atom. The summed E-state index contributed by atoms with van der Waals surface area (Å²) in [4.78, 5) is 11.6. The summed E-state index contributed by atoms with van der Waals surface area (Å²) >= 11 is 11.6. The Bertz CT molecular complexity index is 660. The molecule has 1 N–H and O–H groups in total. The summed E-state index contributed by atoms with van der Waals surface area (Å²) < 4.78 is 30.9. The van der Waals surface area contributed by atoms with E-state index in [1.54, 1.807) is 0 Å². The van der Waals surface area contributed by atoms with E-state index >= 15 is 0 Å². The predicted molar refractivity (Wildman–Crippen MR) is 76.9 cm³/mol. The zero-order valence-corrected chi connectivity index (χ0v) is 12.0. The molecule has 2 rings (SSSR count). The lowest BCUT2D eigenvalue weighted by Crippen LogP contribution is -2.20. The number of anilines is 1. The summed E-state index contributed by atoms with van der Waals surface area (Å²) in [5.41, 5.74) is 0.131. The van der Waals surface area contributed by atoms with Gasteiger partial charge in [0.1, 0.15) is 5.75 Å². The maximum Gasteiger partial charge on any atom is 0.262 e. The number of hydrogen-bond donors (Lipinski definition) is 1. The summed E-state index contributed by atoms with van der Waals surface area (Å²) in [6.07, 6.45) is 0. The number of carbonyl (C=O) groups excluding carboxylic acids is 1. The SMILES string of the molecule is O=C(COc1cc(Cl)cc(Cl)c1)Nc1ccc(F)c(F)c1. The average Bonchev–Trinajstić information content (AvgIpc) is 2.40. The van der Waals surface area contributed by atoms with E-state index in [4.69, 9.17) is 27.9 Å². The van der Waals surface area contributed by atoms with Gasteiger partial charge in [-0.15, -0.1) is 0 Å². The fraction of sp³-hybridized carbons (Fsp3) is 0.0714. The van der Waals surface area contributed by atoms with Gasteiger partial charge in [0.15, 0.2) is 18.2 Å². The van der Waals surface area contributed by atoms with Crippen molar-refractivity contribution in [2.45, 2.75) is 0 Å². The van der Waals surface area contributed by atoms with Crippen LogP contribution in [0.15, 0.2) is 36.4 Å². The molecule has 0 aliphatic heterocycles. The molecular weight excluding hydrogens is 323 g/mol. The van der Waals surface area contributed by atoms with Gasteiger partial charge in [0.25, 0.3) is 5.91 Å². The van der Waals surface area contributed by atoms with Crippen LogP contribution in [-0.4, -0.2) is 12.5 Å². The molecule has 0 aliphatic rings. The Morgan fingerprint density at radius 3 is 2.33 bits per heavy atom. The predicted octanol–water partition coefficient (Wildman–Crippen LogP) is 4.29. The molecule has 110 valence electrons. The fourth-order valence-corrected chi connectivity index (χ4v) is 2.04. The smallest absolute Gasteiger partial charge is 0.262 e. The lowest BCUT2D eigenvalue weighted by Gasteiger charge is -2.08. The van der Waals surface area contributed by atoms with E-state index < -0.39 is 17.5 Å². The van der Waals surface area contributed by atoms with E-state index in [2.05, 4.69) is 5.32 Å². The van der Waals surface area contributed by atoms with Crippen LogP contribution >= 0.6 is 23.2 Å². The summed E-state index contributed by atoms with van der Waals surface area (Å²) in [7, 11) is 0. The second-order valence-electron chi connectivity index (χ2n) is 4.07. The number of benzene rings is 2. The van der Waals surface area contributed by atoms with Crippen molar-refractivity contribution in [3.8, 4) is 5.75 Å². The molecule has 3 nitrogen and oxygen atoms in total. The van der Waals surface area contributed by atoms with E-state index in [1.165, 1.54) is 24.3 Å². The van der Waals surface area contributed by atoms with Crippen LogP contribution in [0, 0.1) is 11.6 Å². The van der Waals surface area contributed by atoms with Crippen LogP contribution in [0.25, 0.3) is 0 Å². The quantitative estimate of drug-likeness (QED) is 0.907. The largest absolute Gasteiger partial charge is 0.484 e. The third kappa shape index (κ3) is 4.58. The van der Waals surface area contributed by atoms with Gasteiger partial charge >= 0.3 is 0 Å². The highest BCUT2D eigenvalue weighted by molar-refractivity contribution is 6.34. The first-order valence-electron chi connectivity index (χ1n) is 5.78.